The molecule has 0 unspecified atom stereocenters. The number of hydrogen-bond acceptors (Lipinski definition) is 7. The van der Waals surface area contributed by atoms with Crippen molar-refractivity contribution < 1.29 is 19.4 Å². The Kier molecular flexibility index (Phi) is 5.94. The summed E-state index contributed by atoms with van der Waals surface area (Å²) >= 11 is 0. The highest BCUT2D eigenvalue weighted by Crippen LogP contribution is 2.24. The Labute approximate surface area is 169 Å². The molecule has 2 aliphatic rings. The number of rotatable bonds is 6. The first-order valence-corrected chi connectivity index (χ1v) is 10.2. The number of ether oxygens (including phenoxy) is 2. The zero-order chi connectivity index (χ0) is 20.3. The zero-order valence-corrected chi connectivity index (χ0v) is 16.5. The molecule has 0 saturated carbocycles. The predicted octanol–water partition coefficient (Wildman–Crippen LogP) is 0.946. The summed E-state index contributed by atoms with van der Waals surface area (Å²) in [5.74, 6) is -0.263. The van der Waals surface area contributed by atoms with Crippen LogP contribution in [0.3, 0.4) is 0 Å². The Morgan fingerprint density at radius 2 is 2.10 bits per heavy atom. The maximum atomic E-state index is 12.7. The summed E-state index contributed by atoms with van der Waals surface area (Å²) in [5, 5.41) is 11.5. The summed E-state index contributed by atoms with van der Waals surface area (Å²) in [7, 11) is 0. The third kappa shape index (κ3) is 4.83. The number of fused-ring (bicyclic) bond motifs is 1. The van der Waals surface area contributed by atoms with E-state index in [1.807, 2.05) is 11.0 Å². The smallest absolute Gasteiger partial charge is 0.320 e. The number of aliphatic hydroxyl groups is 1. The summed E-state index contributed by atoms with van der Waals surface area (Å²) in [6, 6.07) is 7.19. The number of esters is 1. The second kappa shape index (κ2) is 8.61. The topological polar surface area (TPSA) is 93.9 Å². The van der Waals surface area contributed by atoms with Gasteiger partial charge in [0.1, 0.15) is 6.61 Å². The number of likely N-dealkylation sites (tertiary alicyclic amines) is 1. The van der Waals surface area contributed by atoms with Crippen LogP contribution in [-0.2, 0) is 20.8 Å². The number of carbonyl (C=O) groups excluding carboxylic acids is 1. The minimum Gasteiger partial charge on any atom is -0.462 e. The molecule has 1 aromatic carbocycles. The van der Waals surface area contributed by atoms with E-state index >= 15 is 0 Å². The van der Waals surface area contributed by atoms with E-state index in [0.717, 1.165) is 19.4 Å². The lowest BCUT2D eigenvalue weighted by Crippen LogP contribution is -2.49. The summed E-state index contributed by atoms with van der Waals surface area (Å²) in [4.78, 5) is 31.0. The van der Waals surface area contributed by atoms with E-state index in [1.165, 1.54) is 10.9 Å². The largest absolute Gasteiger partial charge is 0.462 e. The molecule has 1 N–H and O–H groups in total. The van der Waals surface area contributed by atoms with Gasteiger partial charge >= 0.3 is 5.97 Å². The van der Waals surface area contributed by atoms with Crippen LogP contribution in [0.25, 0.3) is 10.9 Å². The third-order valence-electron chi connectivity index (χ3n) is 5.79. The number of piperidine rings is 1. The van der Waals surface area contributed by atoms with Crippen molar-refractivity contribution in [2.45, 2.75) is 43.9 Å². The Morgan fingerprint density at radius 1 is 1.31 bits per heavy atom. The fourth-order valence-corrected chi connectivity index (χ4v) is 4.01. The third-order valence-corrected chi connectivity index (χ3v) is 5.79. The Hall–Kier alpha value is -2.29. The average Bonchev–Trinajstić information content (AvgIpc) is 3.25. The minimum atomic E-state index is -0.994. The van der Waals surface area contributed by atoms with E-state index in [1.54, 1.807) is 18.2 Å². The normalized spacial score (nSPS) is 22.0. The minimum absolute atomic E-state index is 0.0271. The summed E-state index contributed by atoms with van der Waals surface area (Å²) < 4.78 is 12.2. The standard InChI is InChI=1S/C21H27N3O5/c25-19(29-13-16-4-3-11-28-16)12-23-9-7-21(27,8-10-23)14-24-15-22-18-6-2-1-5-17(18)20(24)26/h1-2,5-6,15-16,27H,3-4,7-14H2/t16-/m1/s1. The number of aromatic nitrogens is 2. The van der Waals surface area contributed by atoms with Gasteiger partial charge in [-0.3, -0.25) is 19.1 Å². The maximum Gasteiger partial charge on any atom is 0.320 e. The molecule has 2 fully saturated rings. The molecule has 156 valence electrons. The van der Waals surface area contributed by atoms with Gasteiger partial charge in [0, 0.05) is 19.7 Å². The van der Waals surface area contributed by atoms with E-state index in [-0.39, 0.29) is 30.7 Å². The van der Waals surface area contributed by atoms with Crippen LogP contribution in [-0.4, -0.2) is 70.1 Å². The van der Waals surface area contributed by atoms with E-state index < -0.39 is 5.60 Å². The van der Waals surface area contributed by atoms with Crippen molar-refractivity contribution in [1.29, 1.82) is 0 Å². The molecule has 1 aromatic heterocycles. The predicted molar refractivity (Wildman–Crippen MR) is 107 cm³/mol. The molecule has 2 aromatic rings. The lowest BCUT2D eigenvalue weighted by atomic mass is 9.91. The lowest BCUT2D eigenvalue weighted by molar-refractivity contribution is -0.149. The molecule has 0 radical (unpaired) electrons. The molecular weight excluding hydrogens is 374 g/mol. The highest BCUT2D eigenvalue weighted by Gasteiger charge is 2.34. The molecule has 2 saturated heterocycles. The molecule has 0 amide bonds. The Balaban J connectivity index is 1.29. The molecule has 1 atom stereocenters. The molecule has 0 spiro atoms. The summed E-state index contributed by atoms with van der Waals surface area (Å²) in [5.41, 5.74) is -0.493. The van der Waals surface area contributed by atoms with Crippen molar-refractivity contribution in [3.63, 3.8) is 0 Å². The average molecular weight is 401 g/mol. The first kappa shape index (κ1) is 20.0. The van der Waals surface area contributed by atoms with Crippen molar-refractivity contribution in [2.75, 3.05) is 32.8 Å². The van der Waals surface area contributed by atoms with Gasteiger partial charge < -0.3 is 14.6 Å². The van der Waals surface area contributed by atoms with Crippen LogP contribution in [0.15, 0.2) is 35.4 Å². The van der Waals surface area contributed by atoms with Crippen molar-refractivity contribution >= 4 is 16.9 Å². The number of carbonyl (C=O) groups is 1. The van der Waals surface area contributed by atoms with Crippen molar-refractivity contribution in [3.05, 3.63) is 40.9 Å². The first-order chi connectivity index (χ1) is 14.0. The quantitative estimate of drug-likeness (QED) is 0.720. The SMILES string of the molecule is O=C(CN1CCC(O)(Cn2cnc3ccccc3c2=O)CC1)OC[C@H]1CCCO1. The second-order valence-electron chi connectivity index (χ2n) is 8.01. The van der Waals surface area contributed by atoms with Gasteiger partial charge in [-0.05, 0) is 37.8 Å². The molecule has 8 heteroatoms. The van der Waals surface area contributed by atoms with Gasteiger partial charge in [-0.2, -0.15) is 0 Å². The van der Waals surface area contributed by atoms with Crippen molar-refractivity contribution in [3.8, 4) is 0 Å². The number of nitrogens with zero attached hydrogens (tertiary/aromatic N) is 3. The molecular formula is C21H27N3O5. The number of hydrogen-bond donors (Lipinski definition) is 1. The zero-order valence-electron chi connectivity index (χ0n) is 16.5. The van der Waals surface area contributed by atoms with Gasteiger partial charge in [0.15, 0.2) is 0 Å². The molecule has 0 aliphatic carbocycles. The Bertz CT molecular complexity index is 914. The molecule has 4 rings (SSSR count). The van der Waals surface area contributed by atoms with Gasteiger partial charge in [-0.15, -0.1) is 0 Å². The van der Waals surface area contributed by atoms with Gasteiger partial charge in [0.05, 0.1) is 42.0 Å². The summed E-state index contributed by atoms with van der Waals surface area (Å²) in [6.45, 7) is 2.60. The fourth-order valence-electron chi connectivity index (χ4n) is 4.01. The van der Waals surface area contributed by atoms with Crippen LogP contribution in [0.5, 0.6) is 0 Å². The van der Waals surface area contributed by atoms with E-state index in [4.69, 9.17) is 9.47 Å². The van der Waals surface area contributed by atoms with Crippen molar-refractivity contribution in [2.24, 2.45) is 0 Å². The van der Waals surface area contributed by atoms with Crippen LogP contribution < -0.4 is 5.56 Å². The van der Waals surface area contributed by atoms with E-state index in [2.05, 4.69) is 4.98 Å². The monoisotopic (exact) mass is 401 g/mol. The van der Waals surface area contributed by atoms with Gasteiger partial charge in [0.2, 0.25) is 0 Å². The number of benzene rings is 1. The second-order valence-corrected chi connectivity index (χ2v) is 8.01. The van der Waals surface area contributed by atoms with Crippen molar-refractivity contribution in [1.82, 2.24) is 14.5 Å². The highest BCUT2D eigenvalue weighted by molar-refractivity contribution is 5.76. The summed E-state index contributed by atoms with van der Waals surface area (Å²) in [6.07, 6.45) is 4.43. The maximum absolute atomic E-state index is 12.7. The van der Waals surface area contributed by atoms with E-state index in [0.29, 0.717) is 43.4 Å². The van der Waals surface area contributed by atoms with Crippen LogP contribution in [0.4, 0.5) is 0 Å². The van der Waals surface area contributed by atoms with Gasteiger partial charge in [0.25, 0.3) is 5.56 Å². The molecule has 2 aliphatic heterocycles. The fraction of sp³-hybridized carbons (Fsp3) is 0.571. The molecule has 3 heterocycles. The van der Waals surface area contributed by atoms with Crippen LogP contribution in [0.1, 0.15) is 25.7 Å². The highest BCUT2D eigenvalue weighted by atomic mass is 16.6. The molecule has 0 bridgehead atoms. The Morgan fingerprint density at radius 3 is 2.86 bits per heavy atom. The van der Waals surface area contributed by atoms with Gasteiger partial charge in [-0.25, -0.2) is 4.98 Å². The molecule has 29 heavy (non-hydrogen) atoms. The van der Waals surface area contributed by atoms with Gasteiger partial charge in [-0.1, -0.05) is 12.1 Å². The van der Waals surface area contributed by atoms with Crippen LogP contribution >= 0.6 is 0 Å². The lowest BCUT2D eigenvalue weighted by Gasteiger charge is -2.38. The first-order valence-electron chi connectivity index (χ1n) is 10.2. The van der Waals surface area contributed by atoms with Crippen LogP contribution in [0.2, 0.25) is 0 Å². The van der Waals surface area contributed by atoms with E-state index in [9.17, 15) is 14.7 Å². The molecule has 8 nitrogen and oxygen atoms in total. The number of para-hydroxylation sites is 1. The van der Waals surface area contributed by atoms with Crippen LogP contribution in [0, 0.1) is 0 Å².